The van der Waals surface area contributed by atoms with Crippen LogP contribution in [0.3, 0.4) is 0 Å². The summed E-state index contributed by atoms with van der Waals surface area (Å²) >= 11 is 0. The van der Waals surface area contributed by atoms with Crippen LogP contribution in [0.25, 0.3) is 0 Å². The van der Waals surface area contributed by atoms with E-state index >= 15 is 0 Å². The largest absolute Gasteiger partial charge is 0.478 e. The maximum atomic E-state index is 11.8. The number of rotatable bonds is 6. The third-order valence-corrected chi connectivity index (χ3v) is 3.12. The number of aromatic nitrogens is 1. The highest BCUT2D eigenvalue weighted by Gasteiger charge is 2.16. The highest BCUT2D eigenvalue weighted by Crippen LogP contribution is 2.12. The number of hydrogen-bond donors (Lipinski definition) is 1. The van der Waals surface area contributed by atoms with Gasteiger partial charge in [0.25, 0.3) is 0 Å². The van der Waals surface area contributed by atoms with Crippen molar-refractivity contribution in [3.8, 4) is 5.88 Å². The van der Waals surface area contributed by atoms with Crippen LogP contribution in [-0.4, -0.2) is 42.0 Å². The van der Waals surface area contributed by atoms with E-state index in [-0.39, 0.29) is 5.91 Å². The van der Waals surface area contributed by atoms with Crippen molar-refractivity contribution in [1.29, 1.82) is 0 Å². The van der Waals surface area contributed by atoms with Crippen molar-refractivity contribution in [2.24, 2.45) is 0 Å². The summed E-state index contributed by atoms with van der Waals surface area (Å²) in [5.74, 6) is 1.59. The Bertz CT molecular complexity index is 417. The zero-order valence-electron chi connectivity index (χ0n) is 11.4. The van der Waals surface area contributed by atoms with Crippen LogP contribution in [0, 0.1) is 0 Å². The van der Waals surface area contributed by atoms with Gasteiger partial charge in [-0.05, 0) is 25.8 Å². The summed E-state index contributed by atoms with van der Waals surface area (Å²) in [5, 5.41) is 3.16. The fourth-order valence-electron chi connectivity index (χ4n) is 2.16. The molecule has 0 bridgehead atoms. The lowest BCUT2D eigenvalue weighted by molar-refractivity contribution is -0.129. The van der Waals surface area contributed by atoms with E-state index in [1.807, 2.05) is 30.0 Å². The molecule has 0 aromatic carbocycles. The van der Waals surface area contributed by atoms with Gasteiger partial charge < -0.3 is 15.0 Å². The molecule has 1 aliphatic rings. The molecular formula is C14H21N3O2. The van der Waals surface area contributed by atoms with Gasteiger partial charge in [0.1, 0.15) is 5.82 Å². The number of anilines is 1. The summed E-state index contributed by atoms with van der Waals surface area (Å²) in [5.41, 5.74) is 0. The molecule has 1 aliphatic heterocycles. The number of nitrogens with zero attached hydrogens (tertiary/aromatic N) is 2. The summed E-state index contributed by atoms with van der Waals surface area (Å²) < 4.78 is 5.33. The number of likely N-dealkylation sites (tertiary alicyclic amines) is 1. The molecule has 0 spiro atoms. The van der Waals surface area contributed by atoms with Gasteiger partial charge in [0.2, 0.25) is 11.8 Å². The fourth-order valence-corrected chi connectivity index (χ4v) is 2.16. The normalized spacial score (nSPS) is 14.5. The second-order valence-electron chi connectivity index (χ2n) is 4.56. The maximum absolute atomic E-state index is 11.8. The Hall–Kier alpha value is -1.78. The van der Waals surface area contributed by atoms with Gasteiger partial charge in [0.05, 0.1) is 6.61 Å². The minimum atomic E-state index is 0.228. The summed E-state index contributed by atoms with van der Waals surface area (Å²) in [6.45, 7) is 4.96. The van der Waals surface area contributed by atoms with E-state index in [0.29, 0.717) is 25.5 Å². The van der Waals surface area contributed by atoms with Crippen LogP contribution in [0.5, 0.6) is 5.88 Å². The zero-order chi connectivity index (χ0) is 13.5. The second kappa shape index (κ2) is 6.97. The Balaban J connectivity index is 1.75. The Morgan fingerprint density at radius 2 is 2.21 bits per heavy atom. The molecule has 1 amide bonds. The van der Waals surface area contributed by atoms with Crippen molar-refractivity contribution in [1.82, 2.24) is 9.88 Å². The molecule has 104 valence electrons. The number of pyridine rings is 1. The van der Waals surface area contributed by atoms with Crippen molar-refractivity contribution in [2.75, 3.05) is 31.6 Å². The lowest BCUT2D eigenvalue weighted by Gasteiger charge is -2.15. The van der Waals surface area contributed by atoms with Crippen molar-refractivity contribution >= 4 is 11.7 Å². The lowest BCUT2D eigenvalue weighted by atomic mass is 10.3. The Labute approximate surface area is 114 Å². The second-order valence-corrected chi connectivity index (χ2v) is 4.56. The number of hydrogen-bond acceptors (Lipinski definition) is 4. The van der Waals surface area contributed by atoms with Crippen molar-refractivity contribution in [2.45, 2.75) is 26.2 Å². The molecule has 1 N–H and O–H groups in total. The first-order valence-electron chi connectivity index (χ1n) is 6.91. The fraction of sp³-hybridized carbons (Fsp3) is 0.571. The van der Waals surface area contributed by atoms with Crippen LogP contribution in [0.2, 0.25) is 0 Å². The molecule has 0 unspecified atom stereocenters. The molecular weight excluding hydrogens is 242 g/mol. The van der Waals surface area contributed by atoms with Gasteiger partial charge in [-0.3, -0.25) is 4.79 Å². The molecule has 1 fully saturated rings. The molecule has 5 heteroatoms. The first-order valence-corrected chi connectivity index (χ1v) is 6.91. The Morgan fingerprint density at radius 1 is 1.42 bits per heavy atom. The molecule has 0 aliphatic carbocycles. The number of nitrogens with one attached hydrogen (secondary N) is 1. The van der Waals surface area contributed by atoms with Gasteiger partial charge in [-0.25, -0.2) is 0 Å². The highest BCUT2D eigenvalue weighted by molar-refractivity contribution is 5.76. The van der Waals surface area contributed by atoms with Crippen LogP contribution in [0.1, 0.15) is 26.2 Å². The molecule has 1 aromatic rings. The van der Waals surface area contributed by atoms with E-state index < -0.39 is 0 Å². The standard InChI is InChI=1S/C14H21N3O2/c1-2-19-13-7-5-6-12(16-13)15-9-8-14(18)17-10-3-4-11-17/h5-7H,2-4,8-11H2,1H3,(H,15,16). The molecule has 5 nitrogen and oxygen atoms in total. The van der Waals surface area contributed by atoms with E-state index in [1.165, 1.54) is 0 Å². The van der Waals surface area contributed by atoms with Crippen molar-refractivity contribution in [3.05, 3.63) is 18.2 Å². The molecule has 2 heterocycles. The number of amides is 1. The quantitative estimate of drug-likeness (QED) is 0.851. The first-order chi connectivity index (χ1) is 9.29. The monoisotopic (exact) mass is 263 g/mol. The molecule has 19 heavy (non-hydrogen) atoms. The van der Waals surface area contributed by atoms with Gasteiger partial charge in [0.15, 0.2) is 0 Å². The van der Waals surface area contributed by atoms with Crippen LogP contribution in [0.4, 0.5) is 5.82 Å². The van der Waals surface area contributed by atoms with E-state index in [0.717, 1.165) is 31.7 Å². The molecule has 0 radical (unpaired) electrons. The molecule has 1 saturated heterocycles. The molecule has 2 rings (SSSR count). The number of ether oxygens (including phenoxy) is 1. The number of carbonyl (C=O) groups is 1. The summed E-state index contributed by atoms with van der Waals surface area (Å²) in [7, 11) is 0. The van der Waals surface area contributed by atoms with Gasteiger partial charge in [-0.1, -0.05) is 6.07 Å². The van der Waals surface area contributed by atoms with Crippen LogP contribution in [-0.2, 0) is 4.79 Å². The summed E-state index contributed by atoms with van der Waals surface area (Å²) in [4.78, 5) is 18.1. The average Bonchev–Trinajstić information content (AvgIpc) is 2.93. The first kappa shape index (κ1) is 13.6. The van der Waals surface area contributed by atoms with E-state index in [4.69, 9.17) is 4.74 Å². The van der Waals surface area contributed by atoms with Crippen LogP contribution < -0.4 is 10.1 Å². The molecule has 0 saturated carbocycles. The van der Waals surface area contributed by atoms with Crippen molar-refractivity contribution in [3.63, 3.8) is 0 Å². The molecule has 0 atom stereocenters. The van der Waals surface area contributed by atoms with Gasteiger partial charge in [-0.2, -0.15) is 4.98 Å². The van der Waals surface area contributed by atoms with Gasteiger partial charge in [-0.15, -0.1) is 0 Å². The SMILES string of the molecule is CCOc1cccc(NCCC(=O)N2CCCC2)n1. The van der Waals surface area contributed by atoms with E-state index in [9.17, 15) is 4.79 Å². The van der Waals surface area contributed by atoms with Gasteiger partial charge >= 0.3 is 0 Å². The predicted molar refractivity (Wildman–Crippen MR) is 74.3 cm³/mol. The summed E-state index contributed by atoms with van der Waals surface area (Å²) in [6, 6.07) is 5.59. The maximum Gasteiger partial charge on any atom is 0.224 e. The summed E-state index contributed by atoms with van der Waals surface area (Å²) in [6.07, 6.45) is 2.79. The third-order valence-electron chi connectivity index (χ3n) is 3.12. The predicted octanol–water partition coefficient (Wildman–Crippen LogP) is 1.90. The van der Waals surface area contributed by atoms with E-state index in [2.05, 4.69) is 10.3 Å². The number of carbonyl (C=O) groups excluding carboxylic acids is 1. The minimum absolute atomic E-state index is 0.228. The van der Waals surface area contributed by atoms with Crippen LogP contribution in [0.15, 0.2) is 18.2 Å². The Kier molecular flexibility index (Phi) is 5.01. The van der Waals surface area contributed by atoms with Crippen LogP contribution >= 0.6 is 0 Å². The van der Waals surface area contributed by atoms with Gasteiger partial charge in [0, 0.05) is 32.1 Å². The highest BCUT2D eigenvalue weighted by atomic mass is 16.5. The topological polar surface area (TPSA) is 54.5 Å². The average molecular weight is 263 g/mol. The lowest BCUT2D eigenvalue weighted by Crippen LogP contribution is -2.29. The third kappa shape index (κ3) is 4.12. The smallest absolute Gasteiger partial charge is 0.224 e. The Morgan fingerprint density at radius 3 is 2.95 bits per heavy atom. The molecule has 1 aromatic heterocycles. The minimum Gasteiger partial charge on any atom is -0.478 e. The van der Waals surface area contributed by atoms with Crippen molar-refractivity contribution < 1.29 is 9.53 Å². The zero-order valence-corrected chi connectivity index (χ0v) is 11.4. The van der Waals surface area contributed by atoms with E-state index in [1.54, 1.807) is 0 Å².